The molecule has 1 aromatic carbocycles. The smallest absolute Gasteiger partial charge is 0.273 e. The maximum absolute atomic E-state index is 13.6. The minimum absolute atomic E-state index is 0.0955. The van der Waals surface area contributed by atoms with Crippen LogP contribution in [0.3, 0.4) is 0 Å². The molecule has 2 atom stereocenters. The van der Waals surface area contributed by atoms with Gasteiger partial charge in [-0.2, -0.15) is 9.49 Å². The highest BCUT2D eigenvalue weighted by Gasteiger charge is 2.38. The van der Waals surface area contributed by atoms with E-state index in [9.17, 15) is 14.0 Å². The van der Waals surface area contributed by atoms with Crippen molar-refractivity contribution < 1.29 is 14.0 Å². The lowest BCUT2D eigenvalue weighted by molar-refractivity contribution is 0.0604. The molecule has 0 saturated carbocycles. The molecule has 2 aromatic heterocycles. The Bertz CT molecular complexity index is 1290. The van der Waals surface area contributed by atoms with Crippen LogP contribution in [-0.4, -0.2) is 49.0 Å². The first-order chi connectivity index (χ1) is 16.2. The van der Waals surface area contributed by atoms with Gasteiger partial charge in [0.2, 0.25) is 5.95 Å². The number of hydrogen-bond acceptors (Lipinski definition) is 4. The minimum Gasteiger partial charge on any atom is -0.331 e. The summed E-state index contributed by atoms with van der Waals surface area (Å²) >= 11 is 12.1. The normalized spacial score (nSPS) is 18.5. The molecule has 0 spiro atoms. The number of halogens is 3. The van der Waals surface area contributed by atoms with Gasteiger partial charge in [0.15, 0.2) is 0 Å². The zero-order valence-electron chi connectivity index (χ0n) is 18.6. The van der Waals surface area contributed by atoms with Gasteiger partial charge in [0.1, 0.15) is 5.69 Å². The Morgan fingerprint density at radius 3 is 2.68 bits per heavy atom. The fraction of sp³-hybridized carbons (Fsp3) is 0.333. The summed E-state index contributed by atoms with van der Waals surface area (Å²) in [5.41, 5.74) is 3.30. The Kier molecular flexibility index (Phi) is 5.81. The van der Waals surface area contributed by atoms with E-state index in [1.807, 2.05) is 13.8 Å². The summed E-state index contributed by atoms with van der Waals surface area (Å²) in [6.45, 7) is 5.16. The quantitative estimate of drug-likeness (QED) is 0.494. The van der Waals surface area contributed by atoms with E-state index in [2.05, 4.69) is 4.98 Å². The number of nitrogens with zero attached hydrogens (tertiary/aromatic N) is 5. The molecule has 4 heterocycles. The second-order valence-electron chi connectivity index (χ2n) is 8.70. The fourth-order valence-electron chi connectivity index (χ4n) is 4.69. The monoisotopic (exact) mass is 501 g/mol. The zero-order valence-corrected chi connectivity index (χ0v) is 20.1. The topological polar surface area (TPSA) is 71.3 Å². The summed E-state index contributed by atoms with van der Waals surface area (Å²) in [4.78, 5) is 34.1. The van der Waals surface area contributed by atoms with E-state index in [1.54, 1.807) is 38.7 Å². The van der Waals surface area contributed by atoms with E-state index in [-0.39, 0.29) is 30.4 Å². The highest BCUT2D eigenvalue weighted by molar-refractivity contribution is 6.42. The van der Waals surface area contributed by atoms with Gasteiger partial charge in [-0.15, -0.1) is 0 Å². The van der Waals surface area contributed by atoms with Gasteiger partial charge in [0, 0.05) is 36.3 Å². The van der Waals surface area contributed by atoms with Gasteiger partial charge in [-0.1, -0.05) is 29.3 Å². The number of carbonyl (C=O) groups is 2. The van der Waals surface area contributed by atoms with Crippen LogP contribution in [0.5, 0.6) is 0 Å². The van der Waals surface area contributed by atoms with Crippen LogP contribution in [0.15, 0.2) is 36.5 Å². The summed E-state index contributed by atoms with van der Waals surface area (Å²) in [5, 5.41) is 5.39. The molecule has 0 radical (unpaired) electrons. The van der Waals surface area contributed by atoms with Crippen molar-refractivity contribution in [2.45, 2.75) is 45.4 Å². The van der Waals surface area contributed by atoms with Crippen LogP contribution >= 0.6 is 23.2 Å². The van der Waals surface area contributed by atoms with E-state index in [0.717, 1.165) is 16.8 Å². The van der Waals surface area contributed by atoms with Crippen molar-refractivity contribution in [3.8, 4) is 0 Å². The Balaban J connectivity index is 1.44. The molecule has 0 aliphatic carbocycles. The van der Waals surface area contributed by atoms with Crippen molar-refractivity contribution in [3.05, 3.63) is 80.6 Å². The minimum atomic E-state index is -0.561. The van der Waals surface area contributed by atoms with Crippen molar-refractivity contribution in [2.24, 2.45) is 0 Å². The lowest BCUT2D eigenvalue weighted by Gasteiger charge is -2.35. The highest BCUT2D eigenvalue weighted by atomic mass is 35.5. The van der Waals surface area contributed by atoms with Gasteiger partial charge in [0.25, 0.3) is 11.8 Å². The standard InChI is InChI=1S/C24H22Cl2FN5O2/c1-13-9-20-17(12-31(13)23(33)15-3-5-18(25)19(26)10-15)22-24(34)30(7-8-32(22)29-20)14(2)16-4-6-21(27)28-11-16/h3-6,10-11,13-14H,7-9,12H2,1-2H3/t13-,14?/m1/s1. The van der Waals surface area contributed by atoms with Crippen LogP contribution in [0.2, 0.25) is 10.0 Å². The number of rotatable bonds is 3. The molecule has 7 nitrogen and oxygen atoms in total. The molecule has 10 heteroatoms. The number of carbonyl (C=O) groups excluding carboxylic acids is 2. The van der Waals surface area contributed by atoms with Gasteiger partial charge in [-0.3, -0.25) is 14.3 Å². The summed E-state index contributed by atoms with van der Waals surface area (Å²) in [6.07, 6.45) is 2.00. The molecule has 0 N–H and O–H groups in total. The summed E-state index contributed by atoms with van der Waals surface area (Å²) in [6, 6.07) is 7.37. The molecule has 2 aliphatic rings. The Morgan fingerprint density at radius 1 is 1.18 bits per heavy atom. The Hall–Kier alpha value is -2.97. The van der Waals surface area contributed by atoms with E-state index in [0.29, 0.717) is 40.8 Å². The molecule has 0 fully saturated rings. The first kappa shape index (κ1) is 22.8. The third kappa shape index (κ3) is 3.84. The number of aromatic nitrogens is 3. The summed E-state index contributed by atoms with van der Waals surface area (Å²) < 4.78 is 15.0. The van der Waals surface area contributed by atoms with Crippen molar-refractivity contribution in [1.29, 1.82) is 0 Å². The predicted octanol–water partition coefficient (Wildman–Crippen LogP) is 4.53. The Labute approximate surface area is 206 Å². The maximum atomic E-state index is 13.6. The summed E-state index contributed by atoms with van der Waals surface area (Å²) in [5.74, 6) is -0.898. The van der Waals surface area contributed by atoms with Crippen LogP contribution in [0.25, 0.3) is 0 Å². The molecule has 0 saturated heterocycles. The maximum Gasteiger partial charge on any atom is 0.273 e. The molecule has 176 valence electrons. The molecule has 5 rings (SSSR count). The Morgan fingerprint density at radius 2 is 1.97 bits per heavy atom. The molecule has 34 heavy (non-hydrogen) atoms. The van der Waals surface area contributed by atoms with Gasteiger partial charge in [-0.05, 0) is 43.7 Å². The number of hydrogen-bond donors (Lipinski definition) is 0. The number of amides is 2. The fourth-order valence-corrected chi connectivity index (χ4v) is 4.99. The average Bonchev–Trinajstić information content (AvgIpc) is 3.18. The first-order valence-electron chi connectivity index (χ1n) is 11.0. The van der Waals surface area contributed by atoms with Gasteiger partial charge >= 0.3 is 0 Å². The van der Waals surface area contributed by atoms with Crippen LogP contribution in [0.4, 0.5) is 4.39 Å². The molecule has 2 aliphatic heterocycles. The van der Waals surface area contributed by atoms with Gasteiger partial charge in [-0.25, -0.2) is 4.98 Å². The second kappa shape index (κ2) is 8.67. The summed E-state index contributed by atoms with van der Waals surface area (Å²) in [7, 11) is 0. The largest absolute Gasteiger partial charge is 0.331 e. The number of benzene rings is 1. The lowest BCUT2D eigenvalue weighted by atomic mass is 9.97. The van der Waals surface area contributed by atoms with Crippen LogP contribution in [0.1, 0.15) is 57.6 Å². The van der Waals surface area contributed by atoms with Gasteiger partial charge < -0.3 is 9.80 Å². The van der Waals surface area contributed by atoms with Crippen molar-refractivity contribution >= 4 is 35.0 Å². The molecular formula is C24H22Cl2FN5O2. The van der Waals surface area contributed by atoms with Crippen LogP contribution in [0, 0.1) is 5.95 Å². The average molecular weight is 502 g/mol. The molecule has 3 aromatic rings. The lowest BCUT2D eigenvalue weighted by Crippen LogP contribution is -2.44. The molecule has 0 bridgehead atoms. The SMILES string of the molecule is CC(c1ccc(F)nc1)N1CCn2nc3c(c2C1=O)CN(C(=O)c1ccc(Cl)c(Cl)c1)[C@H](C)C3. The van der Waals surface area contributed by atoms with Crippen LogP contribution < -0.4 is 0 Å². The van der Waals surface area contributed by atoms with Crippen LogP contribution in [-0.2, 0) is 19.5 Å². The zero-order chi connectivity index (χ0) is 24.1. The number of fused-ring (bicyclic) bond motifs is 3. The third-order valence-corrected chi connectivity index (χ3v) is 7.37. The van der Waals surface area contributed by atoms with E-state index < -0.39 is 5.95 Å². The van der Waals surface area contributed by atoms with Crippen molar-refractivity contribution in [2.75, 3.05) is 6.54 Å². The van der Waals surface area contributed by atoms with E-state index in [1.165, 1.54) is 12.3 Å². The molecule has 2 amide bonds. The third-order valence-electron chi connectivity index (χ3n) is 6.63. The number of pyridine rings is 1. The van der Waals surface area contributed by atoms with Gasteiger partial charge in [0.05, 0.1) is 34.9 Å². The second-order valence-corrected chi connectivity index (χ2v) is 9.52. The predicted molar refractivity (Wildman–Crippen MR) is 125 cm³/mol. The van der Waals surface area contributed by atoms with E-state index >= 15 is 0 Å². The highest BCUT2D eigenvalue weighted by Crippen LogP contribution is 2.33. The van der Waals surface area contributed by atoms with E-state index in [4.69, 9.17) is 28.3 Å². The molecular weight excluding hydrogens is 480 g/mol. The van der Waals surface area contributed by atoms with Crippen molar-refractivity contribution in [3.63, 3.8) is 0 Å². The first-order valence-corrected chi connectivity index (χ1v) is 11.8. The van der Waals surface area contributed by atoms with Crippen molar-refractivity contribution in [1.82, 2.24) is 24.6 Å². The molecule has 1 unspecified atom stereocenters.